The second-order valence-electron chi connectivity index (χ2n) is 5.80. The van der Waals surface area contributed by atoms with Gasteiger partial charge in [-0.1, -0.05) is 23.7 Å². The molecular weight excluding hydrogens is 429 g/mol. The van der Waals surface area contributed by atoms with E-state index in [1.54, 1.807) is 0 Å². The molecule has 0 saturated heterocycles. The van der Waals surface area contributed by atoms with Crippen LogP contribution in [0.5, 0.6) is 0 Å². The Morgan fingerprint density at radius 1 is 0.862 bits per heavy atom. The fourth-order valence-corrected chi connectivity index (χ4v) is 3.77. The third-order valence-electron chi connectivity index (χ3n) is 3.78. The molecule has 0 heterocycles. The highest BCUT2D eigenvalue weighted by atomic mass is 35.5. The molecule has 3 rings (SSSR count). The number of anilines is 2. The molecule has 0 spiro atoms. The predicted octanol–water partition coefficient (Wildman–Crippen LogP) is 4.81. The van der Waals surface area contributed by atoms with E-state index in [2.05, 4.69) is 10.0 Å². The first kappa shape index (κ1) is 20.7. The first-order valence-corrected chi connectivity index (χ1v) is 9.87. The lowest BCUT2D eigenvalue weighted by molar-refractivity contribution is 0.102. The van der Waals surface area contributed by atoms with E-state index in [4.69, 9.17) is 11.6 Å². The molecule has 3 aromatic carbocycles. The highest BCUT2D eigenvalue weighted by Crippen LogP contribution is 2.29. The van der Waals surface area contributed by atoms with Gasteiger partial charge in [-0.2, -0.15) is 0 Å². The summed E-state index contributed by atoms with van der Waals surface area (Å²) in [7, 11) is -4.34. The monoisotopic (exact) mass is 440 g/mol. The summed E-state index contributed by atoms with van der Waals surface area (Å²) < 4.78 is 67.9. The largest absolute Gasteiger partial charge is 0.320 e. The van der Waals surface area contributed by atoms with Crippen LogP contribution in [0.1, 0.15) is 10.4 Å². The molecule has 2 N–H and O–H groups in total. The summed E-state index contributed by atoms with van der Waals surface area (Å²) in [4.78, 5) is 11.7. The van der Waals surface area contributed by atoms with Crippen molar-refractivity contribution in [1.82, 2.24) is 0 Å². The van der Waals surface area contributed by atoms with Crippen molar-refractivity contribution in [3.05, 3.63) is 88.7 Å². The number of amides is 1. The summed E-state index contributed by atoms with van der Waals surface area (Å²) in [6.07, 6.45) is 0. The number of sulfonamides is 1. The lowest BCUT2D eigenvalue weighted by atomic mass is 10.2. The number of carbonyl (C=O) groups excluding carboxylic acids is 1. The van der Waals surface area contributed by atoms with E-state index in [0.29, 0.717) is 6.07 Å². The van der Waals surface area contributed by atoms with Crippen molar-refractivity contribution in [3.63, 3.8) is 0 Å². The van der Waals surface area contributed by atoms with Crippen LogP contribution in [-0.2, 0) is 10.0 Å². The number of nitrogens with one attached hydrogen (secondary N) is 2. The molecule has 1 amide bonds. The lowest BCUT2D eigenvalue weighted by Gasteiger charge is -2.14. The number of rotatable bonds is 5. The maximum absolute atomic E-state index is 13.9. The van der Waals surface area contributed by atoms with Crippen LogP contribution in [0.3, 0.4) is 0 Å². The minimum Gasteiger partial charge on any atom is -0.320 e. The second-order valence-corrected chi connectivity index (χ2v) is 7.89. The zero-order valence-corrected chi connectivity index (χ0v) is 16.0. The van der Waals surface area contributed by atoms with Crippen molar-refractivity contribution in [1.29, 1.82) is 0 Å². The second kappa shape index (κ2) is 8.14. The summed E-state index contributed by atoms with van der Waals surface area (Å²) in [6, 6.07) is 10.9. The summed E-state index contributed by atoms with van der Waals surface area (Å²) in [5, 5.41) is 2.46. The van der Waals surface area contributed by atoms with Crippen molar-refractivity contribution in [2.45, 2.75) is 4.90 Å². The van der Waals surface area contributed by atoms with Gasteiger partial charge in [0.1, 0.15) is 22.3 Å². The topological polar surface area (TPSA) is 75.3 Å². The Balaban J connectivity index is 1.94. The van der Waals surface area contributed by atoms with Gasteiger partial charge in [0.05, 0.1) is 16.9 Å². The Morgan fingerprint density at radius 2 is 1.59 bits per heavy atom. The van der Waals surface area contributed by atoms with Crippen molar-refractivity contribution in [2.75, 3.05) is 10.0 Å². The molecule has 5 nitrogen and oxygen atoms in total. The average molecular weight is 441 g/mol. The van der Waals surface area contributed by atoms with E-state index in [9.17, 15) is 26.4 Å². The van der Waals surface area contributed by atoms with E-state index < -0.39 is 43.8 Å². The molecule has 0 radical (unpaired) electrons. The minimum absolute atomic E-state index is 0.105. The van der Waals surface area contributed by atoms with Crippen LogP contribution in [0, 0.1) is 17.5 Å². The summed E-state index contributed by atoms with van der Waals surface area (Å²) >= 11 is 5.90. The number of benzene rings is 3. The first-order valence-electron chi connectivity index (χ1n) is 8.01. The Labute approximate surface area is 169 Å². The van der Waals surface area contributed by atoms with Crippen LogP contribution in [0.15, 0.2) is 65.6 Å². The van der Waals surface area contributed by atoms with Gasteiger partial charge in [0.25, 0.3) is 15.9 Å². The van der Waals surface area contributed by atoms with Gasteiger partial charge >= 0.3 is 0 Å². The Kier molecular flexibility index (Phi) is 5.81. The van der Waals surface area contributed by atoms with Crippen LogP contribution in [0.25, 0.3) is 0 Å². The Morgan fingerprint density at radius 3 is 2.28 bits per heavy atom. The molecular formula is C19H12ClF3N2O3S. The van der Waals surface area contributed by atoms with E-state index in [0.717, 1.165) is 24.3 Å². The number of hydrogen-bond donors (Lipinski definition) is 2. The van der Waals surface area contributed by atoms with Crippen molar-refractivity contribution < 1.29 is 26.4 Å². The summed E-state index contributed by atoms with van der Waals surface area (Å²) in [6.45, 7) is 0. The fraction of sp³-hybridized carbons (Fsp3) is 0. The van der Waals surface area contributed by atoms with E-state index in [1.807, 2.05) is 0 Å². The molecule has 0 aliphatic carbocycles. The van der Waals surface area contributed by atoms with Gasteiger partial charge < -0.3 is 5.32 Å². The molecule has 0 atom stereocenters. The summed E-state index contributed by atoms with van der Waals surface area (Å²) in [5.41, 5.74) is -0.700. The quantitative estimate of drug-likeness (QED) is 0.597. The molecule has 0 saturated carbocycles. The fourth-order valence-electron chi connectivity index (χ4n) is 2.43. The molecule has 0 aliphatic rings. The van der Waals surface area contributed by atoms with E-state index in [1.165, 1.54) is 30.3 Å². The maximum Gasteiger partial charge on any atom is 0.264 e. The van der Waals surface area contributed by atoms with Crippen LogP contribution in [0.2, 0.25) is 5.02 Å². The third-order valence-corrected chi connectivity index (χ3v) is 5.41. The zero-order chi connectivity index (χ0) is 21.2. The number of halogens is 4. The minimum atomic E-state index is -4.34. The van der Waals surface area contributed by atoms with Crippen molar-refractivity contribution >= 4 is 38.9 Å². The molecule has 10 heteroatoms. The number of carbonyl (C=O) groups is 1. The molecule has 150 valence electrons. The smallest absolute Gasteiger partial charge is 0.264 e. The Hall–Kier alpha value is -3.04. The number of hydrogen-bond acceptors (Lipinski definition) is 3. The van der Waals surface area contributed by atoms with Gasteiger partial charge in [-0.15, -0.1) is 0 Å². The highest BCUT2D eigenvalue weighted by molar-refractivity contribution is 7.92. The summed E-state index contributed by atoms with van der Waals surface area (Å²) in [5.74, 6) is -3.89. The molecule has 0 fully saturated rings. The zero-order valence-electron chi connectivity index (χ0n) is 14.4. The van der Waals surface area contributed by atoms with Crippen LogP contribution in [0.4, 0.5) is 24.5 Å². The average Bonchev–Trinajstić information content (AvgIpc) is 2.64. The Bertz CT molecular complexity index is 1200. The van der Waals surface area contributed by atoms with Crippen LogP contribution in [-0.4, -0.2) is 14.3 Å². The highest BCUT2D eigenvalue weighted by Gasteiger charge is 2.21. The van der Waals surface area contributed by atoms with Gasteiger partial charge in [0.15, 0.2) is 0 Å². The predicted molar refractivity (Wildman–Crippen MR) is 103 cm³/mol. The molecule has 0 aliphatic heterocycles. The van der Waals surface area contributed by atoms with Gasteiger partial charge in [0, 0.05) is 11.1 Å². The SMILES string of the molecule is O=C(Nc1cc(Cl)ccc1NS(=O)(=O)c1ccccc1F)c1ccc(F)cc1F. The van der Waals surface area contributed by atoms with Crippen molar-refractivity contribution in [3.8, 4) is 0 Å². The molecule has 0 unspecified atom stereocenters. The lowest BCUT2D eigenvalue weighted by Crippen LogP contribution is -2.18. The van der Waals surface area contributed by atoms with Crippen LogP contribution < -0.4 is 10.0 Å². The van der Waals surface area contributed by atoms with Crippen molar-refractivity contribution in [2.24, 2.45) is 0 Å². The van der Waals surface area contributed by atoms with E-state index in [-0.39, 0.29) is 16.4 Å². The molecule has 0 bridgehead atoms. The van der Waals surface area contributed by atoms with Gasteiger partial charge in [-0.25, -0.2) is 21.6 Å². The molecule has 29 heavy (non-hydrogen) atoms. The van der Waals surface area contributed by atoms with Gasteiger partial charge in [-0.3, -0.25) is 9.52 Å². The van der Waals surface area contributed by atoms with Crippen LogP contribution >= 0.6 is 11.6 Å². The first-order chi connectivity index (χ1) is 13.7. The van der Waals surface area contributed by atoms with Gasteiger partial charge in [-0.05, 0) is 42.5 Å². The molecule has 3 aromatic rings. The van der Waals surface area contributed by atoms with E-state index >= 15 is 0 Å². The maximum atomic E-state index is 13.9. The third kappa shape index (κ3) is 4.69. The van der Waals surface area contributed by atoms with Gasteiger partial charge in [0.2, 0.25) is 0 Å². The normalized spacial score (nSPS) is 11.2. The molecule has 0 aromatic heterocycles. The standard InChI is InChI=1S/C19H12ClF3N2O3S/c20-11-5-8-16(25-29(27,28)18-4-2-1-3-14(18)22)17(9-11)24-19(26)13-7-6-12(21)10-15(13)23/h1-10,25H,(H,24,26).